The molecule has 2 rings (SSSR count). The van der Waals surface area contributed by atoms with E-state index in [9.17, 15) is 19.3 Å². The number of nitrogens with two attached hydrogens (primary N) is 1. The fourth-order valence-corrected chi connectivity index (χ4v) is 1.81. The van der Waals surface area contributed by atoms with Crippen LogP contribution < -0.4 is 11.1 Å². The fourth-order valence-electron chi connectivity index (χ4n) is 1.81. The zero-order valence-electron chi connectivity index (χ0n) is 11.1. The SMILES string of the molecule is Cc1ccc(NC(=O)c2cc(N)ccc2[N+](=O)[O-])c(F)c1. The van der Waals surface area contributed by atoms with E-state index in [4.69, 9.17) is 5.73 Å². The van der Waals surface area contributed by atoms with Gasteiger partial charge in [0.15, 0.2) is 0 Å². The Balaban J connectivity index is 2.36. The van der Waals surface area contributed by atoms with Crippen LogP contribution in [0.3, 0.4) is 0 Å². The Morgan fingerprint density at radius 3 is 2.62 bits per heavy atom. The number of nitro benzene ring substituents is 1. The molecule has 0 unspecified atom stereocenters. The standard InChI is InChI=1S/C14H12FN3O3/c1-8-2-4-12(11(15)6-8)17-14(19)10-7-9(16)3-5-13(10)18(20)21/h2-7H,16H2,1H3,(H,17,19). The van der Waals surface area contributed by atoms with E-state index in [-0.39, 0.29) is 16.9 Å². The molecule has 108 valence electrons. The van der Waals surface area contributed by atoms with Gasteiger partial charge in [-0.25, -0.2) is 4.39 Å². The van der Waals surface area contributed by atoms with Gasteiger partial charge in [0.05, 0.1) is 10.6 Å². The summed E-state index contributed by atoms with van der Waals surface area (Å²) in [7, 11) is 0. The van der Waals surface area contributed by atoms with Crippen molar-refractivity contribution in [2.75, 3.05) is 11.1 Å². The summed E-state index contributed by atoms with van der Waals surface area (Å²) in [5.74, 6) is -1.41. The highest BCUT2D eigenvalue weighted by Gasteiger charge is 2.21. The van der Waals surface area contributed by atoms with Gasteiger partial charge in [0.2, 0.25) is 0 Å². The largest absolute Gasteiger partial charge is 0.399 e. The number of halogens is 1. The second-order valence-corrected chi connectivity index (χ2v) is 4.47. The van der Waals surface area contributed by atoms with E-state index in [2.05, 4.69) is 5.32 Å². The van der Waals surface area contributed by atoms with Crippen molar-refractivity contribution in [3.8, 4) is 0 Å². The maximum atomic E-state index is 13.7. The molecule has 0 spiro atoms. The molecular formula is C14H12FN3O3. The van der Waals surface area contributed by atoms with Crippen molar-refractivity contribution in [1.82, 2.24) is 0 Å². The number of hydrogen-bond donors (Lipinski definition) is 2. The second-order valence-electron chi connectivity index (χ2n) is 4.47. The molecule has 0 aliphatic heterocycles. The quantitative estimate of drug-likeness (QED) is 0.515. The number of carbonyl (C=O) groups excluding carboxylic acids is 1. The van der Waals surface area contributed by atoms with Crippen LogP contribution in [0.5, 0.6) is 0 Å². The average Bonchev–Trinajstić information content (AvgIpc) is 2.41. The van der Waals surface area contributed by atoms with Crippen LogP contribution in [-0.2, 0) is 0 Å². The van der Waals surface area contributed by atoms with Gasteiger partial charge in [0.1, 0.15) is 11.4 Å². The third kappa shape index (κ3) is 3.14. The van der Waals surface area contributed by atoms with Crippen molar-refractivity contribution in [3.63, 3.8) is 0 Å². The highest BCUT2D eigenvalue weighted by Crippen LogP contribution is 2.23. The minimum atomic E-state index is -0.795. The summed E-state index contributed by atoms with van der Waals surface area (Å²) in [5, 5.41) is 13.2. The molecule has 0 atom stereocenters. The van der Waals surface area contributed by atoms with Gasteiger partial charge in [0, 0.05) is 11.8 Å². The van der Waals surface area contributed by atoms with Crippen LogP contribution in [0.1, 0.15) is 15.9 Å². The van der Waals surface area contributed by atoms with Crippen LogP contribution in [-0.4, -0.2) is 10.8 Å². The van der Waals surface area contributed by atoms with Crippen LogP contribution in [0.15, 0.2) is 36.4 Å². The van der Waals surface area contributed by atoms with Gasteiger partial charge in [-0.1, -0.05) is 6.07 Å². The van der Waals surface area contributed by atoms with E-state index in [1.54, 1.807) is 13.0 Å². The van der Waals surface area contributed by atoms with E-state index in [1.165, 1.54) is 24.3 Å². The first-order valence-corrected chi connectivity index (χ1v) is 6.00. The Morgan fingerprint density at radius 1 is 1.29 bits per heavy atom. The fraction of sp³-hybridized carbons (Fsp3) is 0.0714. The number of carbonyl (C=O) groups is 1. The number of anilines is 2. The monoisotopic (exact) mass is 289 g/mol. The number of nitro groups is 1. The normalized spacial score (nSPS) is 10.2. The predicted octanol–water partition coefficient (Wildman–Crippen LogP) is 2.88. The Bertz CT molecular complexity index is 731. The van der Waals surface area contributed by atoms with Crippen LogP contribution in [0.4, 0.5) is 21.5 Å². The molecule has 0 bridgehead atoms. The van der Waals surface area contributed by atoms with Crippen molar-refractivity contribution >= 4 is 23.0 Å². The number of aryl methyl sites for hydroxylation is 1. The van der Waals surface area contributed by atoms with Crippen molar-refractivity contribution in [1.29, 1.82) is 0 Å². The lowest BCUT2D eigenvalue weighted by atomic mass is 10.1. The van der Waals surface area contributed by atoms with E-state index < -0.39 is 22.3 Å². The van der Waals surface area contributed by atoms with Crippen LogP contribution in [0, 0.1) is 22.9 Å². The molecule has 1 amide bonds. The average molecular weight is 289 g/mol. The van der Waals surface area contributed by atoms with E-state index in [1.807, 2.05) is 0 Å². The van der Waals surface area contributed by atoms with Crippen LogP contribution in [0.2, 0.25) is 0 Å². The summed E-state index contributed by atoms with van der Waals surface area (Å²) >= 11 is 0. The van der Waals surface area contributed by atoms with E-state index >= 15 is 0 Å². The molecule has 0 radical (unpaired) electrons. The smallest absolute Gasteiger partial charge is 0.282 e. The summed E-state index contributed by atoms with van der Waals surface area (Å²) in [6.07, 6.45) is 0. The molecule has 3 N–H and O–H groups in total. The lowest BCUT2D eigenvalue weighted by Crippen LogP contribution is -2.15. The van der Waals surface area contributed by atoms with Gasteiger partial charge in [-0.3, -0.25) is 14.9 Å². The summed E-state index contributed by atoms with van der Waals surface area (Å²) in [6.45, 7) is 1.71. The zero-order valence-corrected chi connectivity index (χ0v) is 11.1. The molecule has 6 nitrogen and oxygen atoms in total. The molecule has 0 aliphatic rings. The summed E-state index contributed by atoms with van der Waals surface area (Å²) in [4.78, 5) is 22.3. The Morgan fingerprint density at radius 2 is 2.00 bits per heavy atom. The number of nitrogens with one attached hydrogen (secondary N) is 1. The van der Waals surface area contributed by atoms with Gasteiger partial charge in [-0.2, -0.15) is 0 Å². The number of benzene rings is 2. The Kier molecular flexibility index (Phi) is 3.84. The molecule has 0 fully saturated rings. The number of hydrogen-bond acceptors (Lipinski definition) is 4. The lowest BCUT2D eigenvalue weighted by molar-refractivity contribution is -0.385. The second kappa shape index (κ2) is 5.58. The first-order chi connectivity index (χ1) is 9.88. The van der Waals surface area contributed by atoms with Crippen molar-refractivity contribution in [3.05, 3.63) is 63.5 Å². The van der Waals surface area contributed by atoms with Crippen molar-refractivity contribution < 1.29 is 14.1 Å². The lowest BCUT2D eigenvalue weighted by Gasteiger charge is -2.08. The van der Waals surface area contributed by atoms with Gasteiger partial charge in [0.25, 0.3) is 11.6 Å². The highest BCUT2D eigenvalue weighted by atomic mass is 19.1. The molecule has 2 aromatic rings. The van der Waals surface area contributed by atoms with Gasteiger partial charge < -0.3 is 11.1 Å². The van der Waals surface area contributed by atoms with Gasteiger partial charge in [-0.05, 0) is 36.8 Å². The molecule has 0 aliphatic carbocycles. The third-order valence-electron chi connectivity index (χ3n) is 2.83. The van der Waals surface area contributed by atoms with E-state index in [0.717, 1.165) is 6.07 Å². The van der Waals surface area contributed by atoms with Crippen LogP contribution >= 0.6 is 0 Å². The van der Waals surface area contributed by atoms with E-state index in [0.29, 0.717) is 5.56 Å². The first kappa shape index (κ1) is 14.4. The molecule has 21 heavy (non-hydrogen) atoms. The van der Waals surface area contributed by atoms with Crippen LogP contribution in [0.25, 0.3) is 0 Å². The number of amides is 1. The number of nitrogen functional groups attached to an aromatic ring is 1. The molecular weight excluding hydrogens is 277 g/mol. The summed E-state index contributed by atoms with van der Waals surface area (Å²) in [5.41, 5.74) is 5.76. The first-order valence-electron chi connectivity index (χ1n) is 6.00. The molecule has 0 aromatic heterocycles. The van der Waals surface area contributed by atoms with Gasteiger partial charge >= 0.3 is 0 Å². The number of nitrogens with zero attached hydrogens (tertiary/aromatic N) is 1. The highest BCUT2D eigenvalue weighted by molar-refractivity contribution is 6.07. The molecule has 0 saturated heterocycles. The predicted molar refractivity (Wildman–Crippen MR) is 76.6 cm³/mol. The van der Waals surface area contributed by atoms with Crippen molar-refractivity contribution in [2.45, 2.75) is 6.92 Å². The third-order valence-corrected chi connectivity index (χ3v) is 2.83. The molecule has 0 saturated carbocycles. The Hall–Kier alpha value is -2.96. The topological polar surface area (TPSA) is 98.3 Å². The maximum Gasteiger partial charge on any atom is 0.282 e. The Labute approximate surface area is 119 Å². The van der Waals surface area contributed by atoms with Gasteiger partial charge in [-0.15, -0.1) is 0 Å². The minimum absolute atomic E-state index is 0.0534. The zero-order chi connectivity index (χ0) is 15.6. The summed E-state index contributed by atoms with van der Waals surface area (Å²) < 4.78 is 13.7. The maximum absolute atomic E-state index is 13.7. The molecule has 7 heteroatoms. The van der Waals surface area contributed by atoms with Crippen molar-refractivity contribution in [2.24, 2.45) is 0 Å². The summed E-state index contributed by atoms with van der Waals surface area (Å²) in [6, 6.07) is 7.90. The molecule has 0 heterocycles. The minimum Gasteiger partial charge on any atom is -0.399 e. The number of rotatable bonds is 3. The molecule has 2 aromatic carbocycles.